The minimum Gasteiger partial charge on any atom is -0.422 e. The summed E-state index contributed by atoms with van der Waals surface area (Å²) in [5.41, 5.74) is -0.302. The van der Waals surface area contributed by atoms with Crippen LogP contribution in [-0.4, -0.2) is 17.2 Å². The van der Waals surface area contributed by atoms with Crippen molar-refractivity contribution in [3.8, 4) is 5.75 Å². The van der Waals surface area contributed by atoms with Gasteiger partial charge in [-0.25, -0.2) is 4.79 Å². The lowest BCUT2D eigenvalue weighted by molar-refractivity contribution is -0.385. The molecule has 0 spiro atoms. The monoisotopic (exact) mass is 321 g/mol. The summed E-state index contributed by atoms with van der Waals surface area (Å²) in [7, 11) is 0. The van der Waals surface area contributed by atoms with Crippen molar-refractivity contribution >= 4 is 28.7 Å². The number of hydrogen-bond donors (Lipinski definition) is 0. The van der Waals surface area contributed by atoms with Crippen LogP contribution < -0.4 is 4.74 Å². The summed E-state index contributed by atoms with van der Waals surface area (Å²) in [4.78, 5) is 34.1. The van der Waals surface area contributed by atoms with E-state index in [1.165, 1.54) is 30.3 Å². The zero-order chi connectivity index (χ0) is 17.1. The van der Waals surface area contributed by atoms with Crippen LogP contribution in [0.1, 0.15) is 20.7 Å². The third kappa shape index (κ3) is 2.72. The summed E-state index contributed by atoms with van der Waals surface area (Å²) in [5.74, 6) is -0.826. The summed E-state index contributed by atoms with van der Waals surface area (Å²) in [6.07, 6.45) is 0.602. The molecule has 0 amide bonds. The normalized spacial score (nSPS) is 10.3. The molecule has 3 aromatic rings. The zero-order valence-corrected chi connectivity index (χ0v) is 12.3. The lowest BCUT2D eigenvalue weighted by atomic mass is 10.0. The van der Waals surface area contributed by atoms with Crippen molar-refractivity contribution in [3.63, 3.8) is 0 Å². The molecule has 3 aromatic carbocycles. The molecule has 0 atom stereocenters. The van der Waals surface area contributed by atoms with Crippen molar-refractivity contribution in [1.29, 1.82) is 0 Å². The van der Waals surface area contributed by atoms with Crippen LogP contribution in [-0.2, 0) is 0 Å². The van der Waals surface area contributed by atoms with Gasteiger partial charge in [-0.1, -0.05) is 42.5 Å². The molecule has 6 nitrogen and oxygen atoms in total. The van der Waals surface area contributed by atoms with E-state index in [-0.39, 0.29) is 22.6 Å². The fraction of sp³-hybridized carbons (Fsp3) is 0. The van der Waals surface area contributed by atoms with E-state index >= 15 is 0 Å². The maximum atomic E-state index is 12.3. The second-order valence-corrected chi connectivity index (χ2v) is 4.98. The molecule has 0 aliphatic carbocycles. The van der Waals surface area contributed by atoms with E-state index < -0.39 is 10.9 Å². The molecule has 0 N–H and O–H groups in total. The summed E-state index contributed by atoms with van der Waals surface area (Å²) in [6.45, 7) is 0. The summed E-state index contributed by atoms with van der Waals surface area (Å²) in [5, 5.41) is 12.5. The van der Waals surface area contributed by atoms with Gasteiger partial charge in [0.05, 0.1) is 10.5 Å². The number of para-hydroxylation sites is 1. The van der Waals surface area contributed by atoms with Crippen LogP contribution in [0.4, 0.5) is 5.69 Å². The van der Waals surface area contributed by atoms with Crippen molar-refractivity contribution in [1.82, 2.24) is 0 Å². The van der Waals surface area contributed by atoms with E-state index in [0.29, 0.717) is 11.7 Å². The number of nitrogens with zero attached hydrogens (tertiary/aromatic N) is 1. The Morgan fingerprint density at radius 1 is 1.00 bits per heavy atom. The third-order valence-electron chi connectivity index (χ3n) is 3.57. The average Bonchev–Trinajstić information content (AvgIpc) is 2.61. The van der Waals surface area contributed by atoms with Gasteiger partial charge in [0.1, 0.15) is 11.3 Å². The number of carbonyl (C=O) groups is 2. The summed E-state index contributed by atoms with van der Waals surface area (Å²) in [6, 6.07) is 15.9. The van der Waals surface area contributed by atoms with Crippen LogP contribution in [0.5, 0.6) is 5.75 Å². The minimum atomic E-state index is -0.888. The quantitative estimate of drug-likeness (QED) is 0.240. The third-order valence-corrected chi connectivity index (χ3v) is 3.57. The Bertz CT molecular complexity index is 965. The maximum Gasteiger partial charge on any atom is 0.350 e. The lowest BCUT2D eigenvalue weighted by Crippen LogP contribution is -2.12. The Labute approximate surface area is 136 Å². The van der Waals surface area contributed by atoms with Crippen LogP contribution >= 0.6 is 0 Å². The van der Waals surface area contributed by atoms with Gasteiger partial charge in [0.25, 0.3) is 5.69 Å². The Morgan fingerprint density at radius 2 is 1.71 bits per heavy atom. The second-order valence-electron chi connectivity index (χ2n) is 4.98. The molecule has 0 bridgehead atoms. The molecule has 118 valence electrons. The highest BCUT2D eigenvalue weighted by Gasteiger charge is 2.22. The SMILES string of the molecule is O=Cc1c(OC(=O)c2ccccc2[N+](=O)[O-])ccc2ccccc12. The molecule has 0 aliphatic heterocycles. The first-order valence-electron chi connectivity index (χ1n) is 7.04. The number of nitro benzene ring substituents is 1. The van der Waals surface area contributed by atoms with Crippen LogP contribution in [0, 0.1) is 10.1 Å². The largest absolute Gasteiger partial charge is 0.422 e. The molecule has 0 heterocycles. The molecule has 0 saturated carbocycles. The van der Waals surface area contributed by atoms with Gasteiger partial charge >= 0.3 is 5.97 Å². The van der Waals surface area contributed by atoms with Gasteiger partial charge in [-0.2, -0.15) is 0 Å². The van der Waals surface area contributed by atoms with E-state index in [2.05, 4.69) is 0 Å². The van der Waals surface area contributed by atoms with Gasteiger partial charge in [0.15, 0.2) is 6.29 Å². The number of fused-ring (bicyclic) bond motifs is 1. The molecule has 0 fully saturated rings. The van der Waals surface area contributed by atoms with Gasteiger partial charge < -0.3 is 4.74 Å². The maximum absolute atomic E-state index is 12.3. The number of hydrogen-bond acceptors (Lipinski definition) is 5. The van der Waals surface area contributed by atoms with Crippen molar-refractivity contribution in [3.05, 3.63) is 81.9 Å². The van der Waals surface area contributed by atoms with Gasteiger partial charge in [-0.05, 0) is 22.9 Å². The number of carbonyl (C=O) groups excluding carboxylic acids is 2. The molecule has 0 saturated heterocycles. The van der Waals surface area contributed by atoms with Gasteiger partial charge in [0, 0.05) is 6.07 Å². The first kappa shape index (κ1) is 15.4. The van der Waals surface area contributed by atoms with Gasteiger partial charge in [-0.3, -0.25) is 14.9 Å². The molecule has 6 heteroatoms. The Morgan fingerprint density at radius 3 is 2.46 bits per heavy atom. The molecule has 0 unspecified atom stereocenters. The van der Waals surface area contributed by atoms with Crippen LogP contribution in [0.25, 0.3) is 10.8 Å². The van der Waals surface area contributed by atoms with E-state index in [4.69, 9.17) is 4.74 Å². The molecule has 3 rings (SSSR count). The number of ether oxygens (including phenoxy) is 1. The highest BCUT2D eigenvalue weighted by atomic mass is 16.6. The topological polar surface area (TPSA) is 86.5 Å². The molecule has 24 heavy (non-hydrogen) atoms. The first-order chi connectivity index (χ1) is 11.6. The number of aldehydes is 1. The van der Waals surface area contributed by atoms with Gasteiger partial charge in [-0.15, -0.1) is 0 Å². The smallest absolute Gasteiger partial charge is 0.350 e. The standard InChI is InChI=1S/C18H11NO5/c20-11-15-13-6-2-1-5-12(13)9-10-17(15)24-18(21)14-7-3-4-8-16(14)19(22)23/h1-11H. The highest BCUT2D eigenvalue weighted by molar-refractivity contribution is 6.03. The van der Waals surface area contributed by atoms with E-state index in [1.807, 2.05) is 12.1 Å². The number of esters is 1. The molecular weight excluding hydrogens is 310 g/mol. The fourth-order valence-corrected chi connectivity index (χ4v) is 2.45. The average molecular weight is 321 g/mol. The Hall–Kier alpha value is -3.54. The predicted molar refractivity (Wildman–Crippen MR) is 87.4 cm³/mol. The lowest BCUT2D eigenvalue weighted by Gasteiger charge is -2.09. The first-order valence-corrected chi connectivity index (χ1v) is 7.04. The zero-order valence-electron chi connectivity index (χ0n) is 12.3. The number of rotatable bonds is 4. The number of nitro groups is 1. The van der Waals surface area contributed by atoms with E-state index in [0.717, 1.165) is 5.39 Å². The molecule has 0 aliphatic rings. The highest BCUT2D eigenvalue weighted by Crippen LogP contribution is 2.28. The summed E-state index contributed by atoms with van der Waals surface area (Å²) < 4.78 is 5.25. The Balaban J connectivity index is 2.03. The number of benzene rings is 3. The summed E-state index contributed by atoms with van der Waals surface area (Å²) >= 11 is 0. The fourth-order valence-electron chi connectivity index (χ4n) is 2.45. The molecular formula is C18H11NO5. The van der Waals surface area contributed by atoms with Crippen molar-refractivity contribution in [2.24, 2.45) is 0 Å². The van der Waals surface area contributed by atoms with Crippen molar-refractivity contribution in [2.75, 3.05) is 0 Å². The Kier molecular flexibility index (Phi) is 4.03. The van der Waals surface area contributed by atoms with E-state index in [9.17, 15) is 19.7 Å². The van der Waals surface area contributed by atoms with E-state index in [1.54, 1.807) is 18.2 Å². The van der Waals surface area contributed by atoms with Crippen LogP contribution in [0.15, 0.2) is 60.7 Å². The molecule has 0 aromatic heterocycles. The second kappa shape index (κ2) is 6.29. The molecule has 0 radical (unpaired) electrons. The predicted octanol–water partition coefficient (Wildman–Crippen LogP) is 3.78. The van der Waals surface area contributed by atoms with Crippen LogP contribution in [0.3, 0.4) is 0 Å². The van der Waals surface area contributed by atoms with Gasteiger partial charge in [0.2, 0.25) is 0 Å². The van der Waals surface area contributed by atoms with Crippen molar-refractivity contribution < 1.29 is 19.2 Å². The van der Waals surface area contributed by atoms with Crippen molar-refractivity contribution in [2.45, 2.75) is 0 Å². The van der Waals surface area contributed by atoms with Crippen LogP contribution in [0.2, 0.25) is 0 Å². The minimum absolute atomic E-state index is 0.0619.